The number of nitrogens with one attached hydrogen (secondary N) is 1. The van der Waals surface area contributed by atoms with Crippen LogP contribution in [0.1, 0.15) is 31.3 Å². The Morgan fingerprint density at radius 3 is 2.71 bits per heavy atom. The second-order valence-electron chi connectivity index (χ2n) is 7.19. The van der Waals surface area contributed by atoms with Crippen LogP contribution in [0.15, 0.2) is 28.0 Å². The molecule has 9 heteroatoms. The topological polar surface area (TPSA) is 93.1 Å². The molecule has 0 radical (unpaired) electrons. The van der Waals surface area contributed by atoms with Crippen molar-refractivity contribution in [1.82, 2.24) is 19.5 Å². The van der Waals surface area contributed by atoms with Gasteiger partial charge >= 0.3 is 0 Å². The second kappa shape index (κ2) is 7.48. The number of aromatic amines is 1. The fourth-order valence-electron chi connectivity index (χ4n) is 3.55. The Morgan fingerprint density at radius 2 is 2.00 bits per heavy atom. The van der Waals surface area contributed by atoms with E-state index in [4.69, 9.17) is 4.74 Å². The number of aromatic nitrogens is 4. The Bertz CT molecular complexity index is 1110. The van der Waals surface area contributed by atoms with Crippen molar-refractivity contribution in [1.29, 1.82) is 0 Å². The van der Waals surface area contributed by atoms with E-state index in [0.717, 1.165) is 16.1 Å². The molecule has 1 N–H and O–H groups in total. The lowest BCUT2D eigenvalue weighted by molar-refractivity contribution is -0.00574. The summed E-state index contributed by atoms with van der Waals surface area (Å²) in [5.41, 5.74) is 0.177. The molecule has 148 valence electrons. The predicted octanol–water partition coefficient (Wildman–Crippen LogP) is 1.77. The number of hydrogen-bond donors (Lipinski definition) is 1. The van der Waals surface area contributed by atoms with Crippen LogP contribution in [0, 0.1) is 0 Å². The Kier molecular flexibility index (Phi) is 5.03. The van der Waals surface area contributed by atoms with Gasteiger partial charge < -0.3 is 9.64 Å². The summed E-state index contributed by atoms with van der Waals surface area (Å²) in [6.45, 7) is 7.55. The first-order valence-corrected chi connectivity index (χ1v) is 10.2. The molecule has 1 aliphatic rings. The highest BCUT2D eigenvalue weighted by atomic mass is 32.1. The lowest BCUT2D eigenvalue weighted by Crippen LogP contribution is -2.46. The third-order valence-corrected chi connectivity index (χ3v) is 5.94. The number of fused-ring (bicyclic) bond motifs is 1. The zero-order chi connectivity index (χ0) is 19.8. The highest BCUT2D eigenvalue weighted by Gasteiger charge is 2.24. The number of thiophene rings is 1. The predicted molar refractivity (Wildman–Crippen MR) is 109 cm³/mol. The molecule has 0 aromatic carbocycles. The number of hydrogen-bond acceptors (Lipinski definition) is 7. The quantitative estimate of drug-likeness (QED) is 0.716. The summed E-state index contributed by atoms with van der Waals surface area (Å²) in [6, 6.07) is 3.33. The van der Waals surface area contributed by atoms with Crippen molar-refractivity contribution in [3.8, 4) is 0 Å². The lowest BCUT2D eigenvalue weighted by atomic mass is 10.2. The molecular weight excluding hydrogens is 378 g/mol. The van der Waals surface area contributed by atoms with Crippen LogP contribution in [-0.2, 0) is 17.7 Å². The molecular formula is C19H23N5O3S. The summed E-state index contributed by atoms with van der Waals surface area (Å²) < 4.78 is 7.25. The number of morpholine rings is 1. The monoisotopic (exact) mass is 401 g/mol. The first-order chi connectivity index (χ1) is 13.4. The minimum absolute atomic E-state index is 0.0540. The van der Waals surface area contributed by atoms with Crippen LogP contribution >= 0.6 is 11.3 Å². The molecule has 8 nitrogen and oxygen atoms in total. The number of anilines is 1. The van der Waals surface area contributed by atoms with E-state index in [9.17, 15) is 9.59 Å². The van der Waals surface area contributed by atoms with Gasteiger partial charge in [-0.3, -0.25) is 19.1 Å². The van der Waals surface area contributed by atoms with Crippen LogP contribution in [0.3, 0.4) is 0 Å². The van der Waals surface area contributed by atoms with Crippen LogP contribution < -0.4 is 16.0 Å². The molecule has 28 heavy (non-hydrogen) atoms. The third kappa shape index (κ3) is 3.72. The summed E-state index contributed by atoms with van der Waals surface area (Å²) >= 11 is 1.54. The van der Waals surface area contributed by atoms with E-state index in [-0.39, 0.29) is 29.9 Å². The molecule has 3 aromatic heterocycles. The molecule has 1 saturated heterocycles. The molecule has 1 aliphatic heterocycles. The number of aryl methyl sites for hydroxylation is 1. The molecule has 0 aliphatic carbocycles. The molecule has 4 rings (SSSR count). The van der Waals surface area contributed by atoms with Gasteiger partial charge in [-0.05, 0) is 26.3 Å². The molecule has 0 bridgehead atoms. The minimum atomic E-state index is -0.238. The van der Waals surface area contributed by atoms with E-state index in [1.165, 1.54) is 28.3 Å². The zero-order valence-corrected chi connectivity index (χ0v) is 17.0. The molecule has 0 amide bonds. The highest BCUT2D eigenvalue weighted by Crippen LogP contribution is 2.21. The van der Waals surface area contributed by atoms with Gasteiger partial charge in [0.2, 0.25) is 5.95 Å². The molecule has 2 atom stereocenters. The summed E-state index contributed by atoms with van der Waals surface area (Å²) in [5, 5.41) is 0.616. The molecule has 3 aromatic rings. The Balaban J connectivity index is 1.66. The second-order valence-corrected chi connectivity index (χ2v) is 8.30. The lowest BCUT2D eigenvalue weighted by Gasteiger charge is -2.35. The van der Waals surface area contributed by atoms with Crippen LogP contribution in [0.2, 0.25) is 0 Å². The summed E-state index contributed by atoms with van der Waals surface area (Å²) in [7, 11) is 0. The number of rotatable bonds is 4. The van der Waals surface area contributed by atoms with E-state index in [2.05, 4.69) is 21.9 Å². The first kappa shape index (κ1) is 18.8. The first-order valence-electron chi connectivity index (χ1n) is 9.41. The minimum Gasteiger partial charge on any atom is -0.372 e. The normalized spacial score (nSPS) is 20.0. The van der Waals surface area contributed by atoms with Crippen molar-refractivity contribution in [2.24, 2.45) is 0 Å². The van der Waals surface area contributed by atoms with Crippen molar-refractivity contribution < 1.29 is 4.74 Å². The molecule has 4 heterocycles. The van der Waals surface area contributed by atoms with Crippen LogP contribution in [0.4, 0.5) is 5.95 Å². The van der Waals surface area contributed by atoms with E-state index in [1.54, 1.807) is 0 Å². The number of ether oxygens (including phenoxy) is 1. The average molecular weight is 401 g/mol. The summed E-state index contributed by atoms with van der Waals surface area (Å²) in [5.74, 6) is 0.510. The molecule has 1 fully saturated rings. The van der Waals surface area contributed by atoms with Gasteiger partial charge in [-0.15, -0.1) is 11.3 Å². The van der Waals surface area contributed by atoms with Gasteiger partial charge in [0.1, 0.15) is 4.83 Å². The van der Waals surface area contributed by atoms with Crippen molar-refractivity contribution in [2.75, 3.05) is 18.0 Å². The van der Waals surface area contributed by atoms with Crippen molar-refractivity contribution in [3.63, 3.8) is 0 Å². The third-order valence-electron chi connectivity index (χ3n) is 4.75. The van der Waals surface area contributed by atoms with Gasteiger partial charge in [0, 0.05) is 24.0 Å². The van der Waals surface area contributed by atoms with Crippen LogP contribution in [0.25, 0.3) is 10.2 Å². The molecule has 0 spiro atoms. The van der Waals surface area contributed by atoms with Crippen molar-refractivity contribution in [2.45, 2.75) is 45.9 Å². The maximum absolute atomic E-state index is 12.8. The van der Waals surface area contributed by atoms with Gasteiger partial charge in [-0.1, -0.05) is 6.92 Å². The van der Waals surface area contributed by atoms with E-state index in [1.807, 2.05) is 24.8 Å². The average Bonchev–Trinajstić information content (AvgIpc) is 3.07. The van der Waals surface area contributed by atoms with Crippen LogP contribution in [-0.4, -0.2) is 44.8 Å². The van der Waals surface area contributed by atoms with Gasteiger partial charge in [-0.25, -0.2) is 9.97 Å². The summed E-state index contributed by atoms with van der Waals surface area (Å²) in [6.07, 6.45) is 2.51. The SMILES string of the molecule is CCc1cc2c(=O)n(Cc3cc(=O)[nH]c(N4C[C@@H](C)O[C@@H](C)C4)n3)cnc2s1. The van der Waals surface area contributed by atoms with Crippen LogP contribution in [0.5, 0.6) is 0 Å². The smallest absolute Gasteiger partial charge is 0.262 e. The number of nitrogens with zero attached hydrogens (tertiary/aromatic N) is 4. The van der Waals surface area contributed by atoms with E-state index < -0.39 is 0 Å². The zero-order valence-electron chi connectivity index (χ0n) is 16.1. The van der Waals surface area contributed by atoms with Gasteiger partial charge in [0.05, 0.1) is 36.2 Å². The number of H-pyrrole nitrogens is 1. The highest BCUT2D eigenvalue weighted by molar-refractivity contribution is 7.18. The van der Waals surface area contributed by atoms with Crippen molar-refractivity contribution >= 4 is 27.5 Å². The summed E-state index contributed by atoms with van der Waals surface area (Å²) in [4.78, 5) is 40.7. The van der Waals surface area contributed by atoms with Gasteiger partial charge in [0.15, 0.2) is 0 Å². The standard InChI is InChI=1S/C19H23N5O3S/c1-4-14-6-15-17(28-14)20-10-24(18(15)26)9-13-5-16(25)22-19(21-13)23-7-11(2)27-12(3)8-23/h5-6,10-12H,4,7-9H2,1-3H3,(H,21,22,25)/t11-,12+. The molecule has 0 saturated carbocycles. The fourth-order valence-corrected chi connectivity index (χ4v) is 4.47. The van der Waals surface area contributed by atoms with E-state index >= 15 is 0 Å². The Hall–Kier alpha value is -2.52. The van der Waals surface area contributed by atoms with Gasteiger partial charge in [-0.2, -0.15) is 0 Å². The largest absolute Gasteiger partial charge is 0.372 e. The van der Waals surface area contributed by atoms with Gasteiger partial charge in [0.25, 0.3) is 11.1 Å². The Labute approximate surface area is 165 Å². The van der Waals surface area contributed by atoms with E-state index in [0.29, 0.717) is 30.1 Å². The fraction of sp³-hybridized carbons (Fsp3) is 0.474. The maximum atomic E-state index is 12.8. The molecule has 0 unspecified atom stereocenters. The maximum Gasteiger partial charge on any atom is 0.262 e. The van der Waals surface area contributed by atoms with Crippen molar-refractivity contribution in [3.05, 3.63) is 49.7 Å². The Morgan fingerprint density at radius 1 is 1.25 bits per heavy atom.